The van der Waals surface area contributed by atoms with Gasteiger partial charge in [0.15, 0.2) is 6.61 Å². The van der Waals surface area contributed by atoms with E-state index in [1.165, 1.54) is 6.07 Å². The van der Waals surface area contributed by atoms with Gasteiger partial charge < -0.3 is 14.5 Å². The van der Waals surface area contributed by atoms with Crippen LogP contribution in [0.25, 0.3) is 11.0 Å². The molecule has 3 aromatic rings. The number of ether oxygens (including phenoxy) is 1. The summed E-state index contributed by atoms with van der Waals surface area (Å²) < 4.78 is 10.9. The third kappa shape index (κ3) is 4.19. The van der Waals surface area contributed by atoms with Gasteiger partial charge in [-0.15, -0.1) is 0 Å². The van der Waals surface area contributed by atoms with Gasteiger partial charge in [-0.3, -0.25) is 4.79 Å². The Balaban J connectivity index is 1.75. The van der Waals surface area contributed by atoms with Gasteiger partial charge in [-0.2, -0.15) is 0 Å². The van der Waals surface area contributed by atoms with Crippen LogP contribution in [0.5, 0.6) is 5.75 Å². The van der Waals surface area contributed by atoms with Crippen molar-refractivity contribution in [2.45, 2.75) is 33.6 Å². The van der Waals surface area contributed by atoms with E-state index in [0.29, 0.717) is 11.3 Å². The summed E-state index contributed by atoms with van der Waals surface area (Å²) in [6.45, 7) is 7.81. The fraction of sp³-hybridized carbons (Fsp3) is 0.273. The summed E-state index contributed by atoms with van der Waals surface area (Å²) >= 11 is 0. The van der Waals surface area contributed by atoms with Gasteiger partial charge >= 0.3 is 5.63 Å². The first-order chi connectivity index (χ1) is 12.8. The van der Waals surface area contributed by atoms with Crippen molar-refractivity contribution in [3.8, 4) is 5.75 Å². The van der Waals surface area contributed by atoms with Gasteiger partial charge in [-0.05, 0) is 48.6 Å². The summed E-state index contributed by atoms with van der Waals surface area (Å²) in [6, 6.07) is 12.6. The van der Waals surface area contributed by atoms with Crippen LogP contribution < -0.4 is 15.7 Å². The van der Waals surface area contributed by atoms with Gasteiger partial charge in [-0.1, -0.05) is 32.0 Å². The smallest absolute Gasteiger partial charge is 0.336 e. The number of nitrogens with one attached hydrogen (secondary N) is 1. The Kier molecular flexibility index (Phi) is 5.31. The van der Waals surface area contributed by atoms with E-state index in [1.54, 1.807) is 12.1 Å². The zero-order chi connectivity index (χ0) is 19.6. The minimum absolute atomic E-state index is 0.132. The summed E-state index contributed by atoms with van der Waals surface area (Å²) in [5.74, 6) is 0.430. The molecule has 3 rings (SSSR count). The lowest BCUT2D eigenvalue weighted by Gasteiger charge is -2.13. The highest BCUT2D eigenvalue weighted by atomic mass is 16.5. The maximum atomic E-state index is 12.2. The standard InChI is InChI=1S/C22H23NO4/c1-13(2)18-11-21(25)27-19-10-16(8-9-17(18)19)26-12-20(24)23-22-14(3)6-5-7-15(22)4/h5-11,13H,12H2,1-4H3,(H,23,24). The molecule has 0 aliphatic carbocycles. The normalized spacial score (nSPS) is 11.0. The third-order valence-corrected chi connectivity index (χ3v) is 4.49. The average molecular weight is 365 g/mol. The van der Waals surface area contributed by atoms with Crippen molar-refractivity contribution in [1.29, 1.82) is 0 Å². The lowest BCUT2D eigenvalue weighted by atomic mass is 10.00. The minimum atomic E-state index is -0.392. The highest BCUT2D eigenvalue weighted by molar-refractivity contribution is 5.93. The Bertz CT molecular complexity index is 1030. The van der Waals surface area contributed by atoms with Crippen molar-refractivity contribution >= 4 is 22.6 Å². The Labute approximate surface area is 158 Å². The van der Waals surface area contributed by atoms with Crippen molar-refractivity contribution in [3.05, 3.63) is 69.6 Å². The maximum absolute atomic E-state index is 12.2. The van der Waals surface area contributed by atoms with Crippen LogP contribution >= 0.6 is 0 Å². The quantitative estimate of drug-likeness (QED) is 0.674. The average Bonchev–Trinajstić information content (AvgIpc) is 2.62. The van der Waals surface area contributed by atoms with Gasteiger partial charge in [0.2, 0.25) is 0 Å². The summed E-state index contributed by atoms with van der Waals surface area (Å²) in [6.07, 6.45) is 0. The van der Waals surface area contributed by atoms with Crippen LogP contribution in [0.2, 0.25) is 0 Å². The molecule has 0 saturated carbocycles. The number of carbonyl (C=O) groups is 1. The summed E-state index contributed by atoms with van der Waals surface area (Å²) in [7, 11) is 0. The Morgan fingerprint density at radius 3 is 2.48 bits per heavy atom. The first-order valence-electron chi connectivity index (χ1n) is 8.92. The highest BCUT2D eigenvalue weighted by Gasteiger charge is 2.11. The van der Waals surface area contributed by atoms with E-state index in [4.69, 9.17) is 9.15 Å². The van der Waals surface area contributed by atoms with E-state index in [0.717, 1.165) is 27.8 Å². The fourth-order valence-corrected chi connectivity index (χ4v) is 3.07. The summed E-state index contributed by atoms with van der Waals surface area (Å²) in [5.41, 5.74) is 3.79. The van der Waals surface area contributed by atoms with Crippen LogP contribution in [0, 0.1) is 13.8 Å². The molecule has 0 saturated heterocycles. The second-order valence-corrected chi connectivity index (χ2v) is 6.94. The first-order valence-corrected chi connectivity index (χ1v) is 8.92. The number of hydrogen-bond donors (Lipinski definition) is 1. The second kappa shape index (κ2) is 7.66. The predicted octanol–water partition coefficient (Wildman–Crippen LogP) is 4.55. The largest absolute Gasteiger partial charge is 0.484 e. The molecule has 5 nitrogen and oxygen atoms in total. The predicted molar refractivity (Wildman–Crippen MR) is 107 cm³/mol. The number of fused-ring (bicyclic) bond motifs is 1. The lowest BCUT2D eigenvalue weighted by molar-refractivity contribution is -0.118. The molecule has 0 atom stereocenters. The van der Waals surface area contributed by atoms with E-state index in [9.17, 15) is 9.59 Å². The highest BCUT2D eigenvalue weighted by Crippen LogP contribution is 2.27. The maximum Gasteiger partial charge on any atom is 0.336 e. The molecule has 5 heteroatoms. The molecule has 0 aliphatic heterocycles. The molecule has 1 heterocycles. The molecule has 0 bridgehead atoms. The van der Waals surface area contributed by atoms with Gasteiger partial charge in [-0.25, -0.2) is 4.79 Å². The molecule has 0 spiro atoms. The lowest BCUT2D eigenvalue weighted by Crippen LogP contribution is -2.21. The Morgan fingerprint density at radius 1 is 1.11 bits per heavy atom. The van der Waals surface area contributed by atoms with Crippen LogP contribution in [0.15, 0.2) is 51.7 Å². The Morgan fingerprint density at radius 2 is 1.81 bits per heavy atom. The van der Waals surface area contributed by atoms with Gasteiger partial charge in [0.05, 0.1) is 0 Å². The number of carbonyl (C=O) groups excluding carboxylic acids is 1. The molecule has 27 heavy (non-hydrogen) atoms. The molecule has 0 fully saturated rings. The third-order valence-electron chi connectivity index (χ3n) is 4.49. The van der Waals surface area contributed by atoms with E-state index in [-0.39, 0.29) is 18.4 Å². The van der Waals surface area contributed by atoms with E-state index >= 15 is 0 Å². The molecular weight excluding hydrogens is 342 g/mol. The second-order valence-electron chi connectivity index (χ2n) is 6.94. The molecule has 0 unspecified atom stereocenters. The zero-order valence-electron chi connectivity index (χ0n) is 16.0. The van der Waals surface area contributed by atoms with Crippen LogP contribution in [-0.4, -0.2) is 12.5 Å². The van der Waals surface area contributed by atoms with Crippen molar-refractivity contribution < 1.29 is 13.9 Å². The van der Waals surface area contributed by atoms with Gasteiger partial charge in [0, 0.05) is 23.2 Å². The molecular formula is C22H23NO4. The number of para-hydroxylation sites is 1. The van der Waals surface area contributed by atoms with E-state index < -0.39 is 5.63 Å². The number of anilines is 1. The number of aryl methyl sites for hydroxylation is 2. The van der Waals surface area contributed by atoms with Crippen LogP contribution in [0.4, 0.5) is 5.69 Å². The van der Waals surface area contributed by atoms with E-state index in [2.05, 4.69) is 5.32 Å². The topological polar surface area (TPSA) is 68.5 Å². The monoisotopic (exact) mass is 365 g/mol. The number of benzene rings is 2. The zero-order valence-corrected chi connectivity index (χ0v) is 16.0. The van der Waals surface area contributed by atoms with Gasteiger partial charge in [0.1, 0.15) is 11.3 Å². The summed E-state index contributed by atoms with van der Waals surface area (Å²) in [5, 5.41) is 3.75. The number of rotatable bonds is 5. The summed E-state index contributed by atoms with van der Waals surface area (Å²) in [4.78, 5) is 24.0. The number of amides is 1. The molecule has 0 aliphatic rings. The molecule has 1 amide bonds. The van der Waals surface area contributed by atoms with E-state index in [1.807, 2.05) is 52.0 Å². The van der Waals surface area contributed by atoms with Crippen LogP contribution in [-0.2, 0) is 4.79 Å². The molecule has 2 aromatic carbocycles. The minimum Gasteiger partial charge on any atom is -0.484 e. The van der Waals surface area contributed by atoms with Crippen molar-refractivity contribution in [3.63, 3.8) is 0 Å². The molecule has 1 aromatic heterocycles. The number of hydrogen-bond acceptors (Lipinski definition) is 4. The molecule has 1 N–H and O–H groups in total. The Hall–Kier alpha value is -3.08. The molecule has 0 radical (unpaired) electrons. The SMILES string of the molecule is Cc1cccc(C)c1NC(=O)COc1ccc2c(C(C)C)cc(=O)oc2c1. The van der Waals surface area contributed by atoms with Crippen molar-refractivity contribution in [1.82, 2.24) is 0 Å². The van der Waals surface area contributed by atoms with Crippen molar-refractivity contribution in [2.75, 3.05) is 11.9 Å². The van der Waals surface area contributed by atoms with Crippen molar-refractivity contribution in [2.24, 2.45) is 0 Å². The molecule has 140 valence electrons. The van der Waals surface area contributed by atoms with Crippen LogP contribution in [0.3, 0.4) is 0 Å². The van der Waals surface area contributed by atoms with Gasteiger partial charge in [0.25, 0.3) is 5.91 Å². The van der Waals surface area contributed by atoms with Crippen LogP contribution in [0.1, 0.15) is 36.5 Å². The first kappa shape index (κ1) is 18.7. The fourth-order valence-electron chi connectivity index (χ4n) is 3.07.